The summed E-state index contributed by atoms with van der Waals surface area (Å²) in [6, 6.07) is 12.5. The number of anilines is 1. The molecule has 0 bridgehead atoms. The third-order valence-corrected chi connectivity index (χ3v) is 3.39. The summed E-state index contributed by atoms with van der Waals surface area (Å²) in [6.45, 7) is 0. The van der Waals surface area contributed by atoms with Crippen molar-refractivity contribution in [2.45, 2.75) is 9.79 Å². The summed E-state index contributed by atoms with van der Waals surface area (Å²) < 4.78 is 0. The van der Waals surface area contributed by atoms with Crippen molar-refractivity contribution >= 4 is 29.1 Å². The maximum Gasteiger partial charge on any atom is 0.117 e. The first-order valence-corrected chi connectivity index (χ1v) is 5.86. The normalized spacial score (nSPS) is 10.3. The molecule has 0 saturated heterocycles. The Morgan fingerprint density at radius 3 is 2.38 bits per heavy atom. The summed E-state index contributed by atoms with van der Waals surface area (Å²) in [4.78, 5) is 1.97. The van der Waals surface area contributed by atoms with Crippen molar-refractivity contribution in [3.63, 3.8) is 0 Å². The van der Waals surface area contributed by atoms with E-state index in [1.165, 1.54) is 17.8 Å². The highest BCUT2D eigenvalue weighted by atomic mass is 35.5. The molecule has 2 rings (SSSR count). The molecule has 0 aromatic heterocycles. The number of phenols is 1. The number of benzene rings is 2. The molecule has 2 nitrogen and oxygen atoms in total. The zero-order valence-electron chi connectivity index (χ0n) is 8.35. The van der Waals surface area contributed by atoms with E-state index in [1.54, 1.807) is 12.1 Å². The van der Waals surface area contributed by atoms with Crippen LogP contribution in [0.25, 0.3) is 0 Å². The second-order valence-corrected chi connectivity index (χ2v) is 4.83. The summed E-state index contributed by atoms with van der Waals surface area (Å²) in [5.41, 5.74) is 6.36. The summed E-state index contributed by atoms with van der Waals surface area (Å²) in [5, 5.41) is 9.94. The molecule has 0 amide bonds. The van der Waals surface area contributed by atoms with Crippen molar-refractivity contribution in [3.8, 4) is 5.75 Å². The van der Waals surface area contributed by atoms with Gasteiger partial charge in [-0.1, -0.05) is 23.4 Å². The second-order valence-electron chi connectivity index (χ2n) is 3.28. The van der Waals surface area contributed by atoms with Gasteiger partial charge in [0, 0.05) is 26.6 Å². The van der Waals surface area contributed by atoms with Gasteiger partial charge in [-0.15, -0.1) is 0 Å². The fourth-order valence-electron chi connectivity index (χ4n) is 1.26. The van der Waals surface area contributed by atoms with E-state index in [-0.39, 0.29) is 5.75 Å². The van der Waals surface area contributed by atoms with E-state index < -0.39 is 0 Å². The summed E-state index contributed by atoms with van der Waals surface area (Å²) in [6.07, 6.45) is 0. The average Bonchev–Trinajstić information content (AvgIpc) is 2.25. The molecule has 2 aromatic rings. The van der Waals surface area contributed by atoms with Crippen molar-refractivity contribution < 1.29 is 5.11 Å². The molecule has 82 valence electrons. The first-order chi connectivity index (χ1) is 7.65. The fourth-order valence-corrected chi connectivity index (χ4v) is 2.22. The van der Waals surface area contributed by atoms with E-state index >= 15 is 0 Å². The molecule has 0 aliphatic rings. The first kappa shape index (κ1) is 11.2. The van der Waals surface area contributed by atoms with E-state index in [0.717, 1.165) is 9.79 Å². The zero-order chi connectivity index (χ0) is 11.5. The van der Waals surface area contributed by atoms with E-state index in [9.17, 15) is 5.11 Å². The minimum atomic E-state index is 0.179. The van der Waals surface area contributed by atoms with E-state index in [1.807, 2.05) is 24.3 Å². The molecule has 0 aliphatic carbocycles. The van der Waals surface area contributed by atoms with Gasteiger partial charge in [0.05, 0.1) is 0 Å². The predicted molar refractivity (Wildman–Crippen MR) is 68.1 cm³/mol. The number of rotatable bonds is 2. The van der Waals surface area contributed by atoms with Crippen LogP contribution in [-0.2, 0) is 0 Å². The number of nitrogen functional groups attached to an aromatic ring is 1. The lowest BCUT2D eigenvalue weighted by Gasteiger charge is -2.05. The molecule has 16 heavy (non-hydrogen) atoms. The molecule has 0 aliphatic heterocycles. The standard InChI is InChI=1S/C12H10ClNOS/c13-8-1-4-10(5-2-8)16-12-6-3-9(15)7-11(12)14/h1-7,15H,14H2. The monoisotopic (exact) mass is 251 g/mol. The van der Waals surface area contributed by atoms with Crippen LogP contribution in [0.15, 0.2) is 52.3 Å². The van der Waals surface area contributed by atoms with Crippen molar-refractivity contribution in [2.75, 3.05) is 5.73 Å². The number of nitrogens with two attached hydrogens (primary N) is 1. The Kier molecular flexibility index (Phi) is 3.27. The van der Waals surface area contributed by atoms with Gasteiger partial charge in [0.15, 0.2) is 0 Å². The Labute approximate surface area is 103 Å². The highest BCUT2D eigenvalue weighted by molar-refractivity contribution is 7.99. The van der Waals surface area contributed by atoms with Gasteiger partial charge in [0.1, 0.15) is 5.75 Å². The zero-order valence-corrected chi connectivity index (χ0v) is 9.92. The van der Waals surface area contributed by atoms with Crippen molar-refractivity contribution in [2.24, 2.45) is 0 Å². The lowest BCUT2D eigenvalue weighted by atomic mass is 10.3. The van der Waals surface area contributed by atoms with Gasteiger partial charge >= 0.3 is 0 Å². The molecule has 0 atom stereocenters. The largest absolute Gasteiger partial charge is 0.508 e. The minimum absolute atomic E-state index is 0.179. The van der Waals surface area contributed by atoms with Crippen molar-refractivity contribution in [3.05, 3.63) is 47.5 Å². The van der Waals surface area contributed by atoms with Gasteiger partial charge in [0.25, 0.3) is 0 Å². The third kappa shape index (κ3) is 2.62. The SMILES string of the molecule is Nc1cc(O)ccc1Sc1ccc(Cl)cc1. The van der Waals surface area contributed by atoms with E-state index in [2.05, 4.69) is 0 Å². The van der Waals surface area contributed by atoms with Crippen LogP contribution >= 0.6 is 23.4 Å². The Hall–Kier alpha value is -1.32. The van der Waals surface area contributed by atoms with Crippen LogP contribution < -0.4 is 5.73 Å². The quantitative estimate of drug-likeness (QED) is 0.799. The second kappa shape index (κ2) is 4.68. The van der Waals surface area contributed by atoms with Crippen LogP contribution in [0.1, 0.15) is 0 Å². The van der Waals surface area contributed by atoms with E-state index in [4.69, 9.17) is 17.3 Å². The molecular formula is C12H10ClNOS. The molecule has 2 aromatic carbocycles. The van der Waals surface area contributed by atoms with Gasteiger partial charge in [-0.3, -0.25) is 0 Å². The Morgan fingerprint density at radius 2 is 1.75 bits per heavy atom. The van der Waals surface area contributed by atoms with Gasteiger partial charge in [0.2, 0.25) is 0 Å². The molecule has 0 unspecified atom stereocenters. The van der Waals surface area contributed by atoms with Crippen LogP contribution in [-0.4, -0.2) is 5.11 Å². The number of hydrogen-bond acceptors (Lipinski definition) is 3. The van der Waals surface area contributed by atoms with Crippen molar-refractivity contribution in [1.29, 1.82) is 0 Å². The topological polar surface area (TPSA) is 46.2 Å². The number of halogens is 1. The van der Waals surface area contributed by atoms with Crippen LogP contribution in [0.5, 0.6) is 5.75 Å². The number of phenolic OH excluding ortho intramolecular Hbond substituents is 1. The van der Waals surface area contributed by atoms with Gasteiger partial charge in [-0.25, -0.2) is 0 Å². The lowest BCUT2D eigenvalue weighted by molar-refractivity contribution is 0.475. The Morgan fingerprint density at radius 1 is 1.06 bits per heavy atom. The molecule has 0 saturated carbocycles. The summed E-state index contributed by atoms with van der Waals surface area (Å²) in [5.74, 6) is 0.179. The third-order valence-electron chi connectivity index (χ3n) is 2.03. The highest BCUT2D eigenvalue weighted by Gasteiger charge is 2.02. The minimum Gasteiger partial charge on any atom is -0.508 e. The molecule has 4 heteroatoms. The molecule has 3 N–H and O–H groups in total. The maximum atomic E-state index is 9.23. The van der Waals surface area contributed by atoms with Gasteiger partial charge < -0.3 is 10.8 Å². The van der Waals surface area contributed by atoms with Crippen LogP contribution in [0.4, 0.5) is 5.69 Å². The first-order valence-electron chi connectivity index (χ1n) is 4.67. The average molecular weight is 252 g/mol. The predicted octanol–water partition coefficient (Wildman–Crippen LogP) is 3.78. The smallest absolute Gasteiger partial charge is 0.117 e. The molecule has 0 fully saturated rings. The highest BCUT2D eigenvalue weighted by Crippen LogP contribution is 2.34. The van der Waals surface area contributed by atoms with Crippen LogP contribution in [0, 0.1) is 0 Å². The molecule has 0 radical (unpaired) electrons. The van der Waals surface area contributed by atoms with Crippen LogP contribution in [0.2, 0.25) is 5.02 Å². The lowest BCUT2D eigenvalue weighted by Crippen LogP contribution is -1.87. The fraction of sp³-hybridized carbons (Fsp3) is 0. The molecule has 0 heterocycles. The Bertz CT molecular complexity index is 499. The van der Waals surface area contributed by atoms with Gasteiger partial charge in [-0.2, -0.15) is 0 Å². The number of aromatic hydroxyl groups is 1. The maximum absolute atomic E-state index is 9.23. The summed E-state index contributed by atoms with van der Waals surface area (Å²) in [7, 11) is 0. The Balaban J connectivity index is 2.23. The molecule has 0 spiro atoms. The number of hydrogen-bond donors (Lipinski definition) is 2. The van der Waals surface area contributed by atoms with Gasteiger partial charge in [-0.05, 0) is 36.4 Å². The van der Waals surface area contributed by atoms with Crippen LogP contribution in [0.3, 0.4) is 0 Å². The van der Waals surface area contributed by atoms with E-state index in [0.29, 0.717) is 10.7 Å². The summed E-state index contributed by atoms with van der Waals surface area (Å²) >= 11 is 7.34. The molecular weight excluding hydrogens is 242 g/mol. The van der Waals surface area contributed by atoms with Crippen molar-refractivity contribution in [1.82, 2.24) is 0 Å².